The quantitative estimate of drug-likeness (QED) is 0.0368. The Labute approximate surface area is 355 Å². The van der Waals surface area contributed by atoms with Crippen molar-refractivity contribution in [1.29, 1.82) is 0 Å². The van der Waals surface area contributed by atoms with Crippen LogP contribution in [-0.4, -0.2) is 104 Å². The molecule has 0 aliphatic heterocycles. The lowest BCUT2D eigenvalue weighted by atomic mass is 10.0. The fourth-order valence-electron chi connectivity index (χ4n) is 5.62. The predicted molar refractivity (Wildman–Crippen MR) is 232 cm³/mol. The van der Waals surface area contributed by atoms with Crippen molar-refractivity contribution in [2.24, 2.45) is 0 Å². The number of nitrogen functional groups attached to an aromatic ring is 2. The maximum absolute atomic E-state index is 12.2. The van der Waals surface area contributed by atoms with E-state index in [1.165, 1.54) is 117 Å². The second-order valence-electron chi connectivity index (χ2n) is 14.6. The van der Waals surface area contributed by atoms with Crippen LogP contribution in [0.15, 0.2) is 34.1 Å². The number of unbranched alkanes of at least 4 members (excludes halogenated alkanes) is 14. The zero-order valence-electron chi connectivity index (χ0n) is 35.9. The Hall–Kier alpha value is -2.54. The van der Waals surface area contributed by atoms with Gasteiger partial charge in [-0.3, -0.25) is 18.3 Å². The van der Waals surface area contributed by atoms with Gasteiger partial charge in [-0.2, -0.15) is 9.97 Å². The molecule has 60 heavy (non-hydrogen) atoms. The summed E-state index contributed by atoms with van der Waals surface area (Å²) in [4.78, 5) is 50.0. The van der Waals surface area contributed by atoms with Gasteiger partial charge in [0.15, 0.2) is 0 Å². The van der Waals surface area contributed by atoms with Crippen molar-refractivity contribution in [3.05, 3.63) is 45.5 Å². The smallest absolute Gasteiger partial charge is 0.353 e. The monoisotopic (exact) mass is 896 g/mol. The zero-order valence-corrected chi connectivity index (χ0v) is 37.6. The highest BCUT2D eigenvalue weighted by molar-refractivity contribution is 7.52. The summed E-state index contributed by atoms with van der Waals surface area (Å²) in [6.07, 6.45) is 20.5. The molecule has 4 atom stereocenters. The van der Waals surface area contributed by atoms with Crippen LogP contribution in [0.1, 0.15) is 123 Å². The molecule has 348 valence electrons. The van der Waals surface area contributed by atoms with Crippen LogP contribution in [0.2, 0.25) is 0 Å². The third-order valence-corrected chi connectivity index (χ3v) is 11.2. The van der Waals surface area contributed by atoms with Gasteiger partial charge in [0.1, 0.15) is 24.3 Å². The molecule has 8 N–H and O–H groups in total. The van der Waals surface area contributed by atoms with Crippen LogP contribution >= 0.6 is 15.2 Å². The molecule has 0 amide bonds. The highest BCUT2D eigenvalue weighted by Crippen LogP contribution is 2.43. The molecule has 0 fully saturated rings. The van der Waals surface area contributed by atoms with E-state index in [4.69, 9.17) is 34.7 Å². The van der Waals surface area contributed by atoms with Gasteiger partial charge < -0.3 is 54.7 Å². The average molecular weight is 897 g/mol. The minimum Gasteiger partial charge on any atom is -0.394 e. The summed E-state index contributed by atoms with van der Waals surface area (Å²) in [5.41, 5.74) is 9.64. The number of ether oxygens (including phenoxy) is 3. The summed E-state index contributed by atoms with van der Waals surface area (Å²) in [6.45, 7) is 4.67. The molecular formula is C39H74N6O13P2. The van der Waals surface area contributed by atoms with Gasteiger partial charge in [0, 0.05) is 25.6 Å². The molecule has 3 unspecified atom stereocenters. The standard InChI is InChI=1S/C27H52N3O7P.C12H22N3O6P/c1-2-3-4-5-6-7-8-9-10-11-12-13-14-15-19-35-20-16-21-37-38(33,34)24-36-25(23-31)22-30-18-17-26(28)29-27(30)32;1-2-3-6-21-22(18,19)9-20-10(8-16)7-15-5-4-11(13)14-12(15)17/h17-18,25,31H,2-16,19-24H2,1H3,(H,33,34)(H2,28,29,32);4-5,10,16H,2-3,6-9H2,1H3,(H,18,19)(H2,13,14,17)/t;10-/m.0/s1. The van der Waals surface area contributed by atoms with E-state index in [0.29, 0.717) is 26.1 Å². The molecule has 2 rings (SSSR count). The van der Waals surface area contributed by atoms with Crippen molar-refractivity contribution in [3.8, 4) is 0 Å². The molecule has 0 radical (unpaired) electrons. The van der Waals surface area contributed by atoms with Gasteiger partial charge in [-0.1, -0.05) is 104 Å². The Kier molecular flexibility index (Phi) is 31.4. The van der Waals surface area contributed by atoms with Crippen molar-refractivity contribution >= 4 is 26.8 Å². The third-order valence-electron chi connectivity index (χ3n) is 9.11. The largest absolute Gasteiger partial charge is 0.394 e. The van der Waals surface area contributed by atoms with Gasteiger partial charge in [0.2, 0.25) is 0 Å². The normalized spacial score (nSPS) is 14.5. The zero-order chi connectivity index (χ0) is 44.5. The van der Waals surface area contributed by atoms with E-state index in [1.54, 1.807) is 0 Å². The van der Waals surface area contributed by atoms with Crippen molar-refractivity contribution in [3.63, 3.8) is 0 Å². The second-order valence-corrected chi connectivity index (χ2v) is 18.2. The number of nitrogens with zero attached hydrogens (tertiary/aromatic N) is 4. The molecule has 0 spiro atoms. The Balaban J connectivity index is 0.000000692. The maximum atomic E-state index is 12.2. The fourth-order valence-corrected chi connectivity index (χ4v) is 7.40. The van der Waals surface area contributed by atoms with Gasteiger partial charge in [0.05, 0.1) is 51.7 Å². The Morgan fingerprint density at radius 2 is 0.950 bits per heavy atom. The van der Waals surface area contributed by atoms with Gasteiger partial charge in [-0.15, -0.1) is 0 Å². The van der Waals surface area contributed by atoms with Crippen molar-refractivity contribution in [1.82, 2.24) is 19.1 Å². The summed E-state index contributed by atoms with van der Waals surface area (Å²) in [6, 6.07) is 2.87. The number of aliphatic hydroxyl groups is 2. The van der Waals surface area contributed by atoms with E-state index in [9.17, 15) is 38.7 Å². The van der Waals surface area contributed by atoms with E-state index in [-0.39, 0.29) is 37.9 Å². The number of rotatable bonds is 36. The van der Waals surface area contributed by atoms with Crippen LogP contribution in [0.4, 0.5) is 11.6 Å². The molecule has 2 aromatic heterocycles. The van der Waals surface area contributed by atoms with E-state index in [2.05, 4.69) is 16.9 Å². The van der Waals surface area contributed by atoms with Crippen molar-refractivity contribution in [2.75, 3.05) is 63.8 Å². The van der Waals surface area contributed by atoms with Crippen LogP contribution in [0.25, 0.3) is 0 Å². The summed E-state index contributed by atoms with van der Waals surface area (Å²) >= 11 is 0. The number of aliphatic hydroxyl groups excluding tert-OH is 2. The van der Waals surface area contributed by atoms with Crippen LogP contribution in [0.3, 0.4) is 0 Å². The van der Waals surface area contributed by atoms with E-state index in [1.807, 2.05) is 6.92 Å². The molecule has 0 aliphatic rings. The van der Waals surface area contributed by atoms with E-state index in [0.717, 1.165) is 12.8 Å². The average Bonchev–Trinajstić information content (AvgIpc) is 3.20. The van der Waals surface area contributed by atoms with Gasteiger partial charge >= 0.3 is 26.6 Å². The van der Waals surface area contributed by atoms with Crippen LogP contribution in [-0.2, 0) is 45.5 Å². The van der Waals surface area contributed by atoms with Gasteiger partial charge in [-0.05, 0) is 31.4 Å². The highest BCUT2D eigenvalue weighted by Gasteiger charge is 2.24. The predicted octanol–water partition coefficient (Wildman–Crippen LogP) is 5.41. The third kappa shape index (κ3) is 28.9. The Morgan fingerprint density at radius 1 is 0.583 bits per heavy atom. The number of hydrogen-bond donors (Lipinski definition) is 6. The first-order valence-electron chi connectivity index (χ1n) is 21.4. The maximum Gasteiger partial charge on any atom is 0.353 e. The number of hydrogen-bond acceptors (Lipinski definition) is 15. The van der Waals surface area contributed by atoms with Crippen molar-refractivity contribution < 1.29 is 52.4 Å². The SMILES string of the molecule is CCCCCCCCCCCCCCCCOCCCOP(=O)(O)COC(CO)Cn1ccc(N)nc1=O.CCCCOP(=O)(O)CO[C@H](CO)Cn1ccc(N)nc1=O. The minimum atomic E-state index is -3.99. The number of aromatic nitrogens is 4. The molecule has 2 aromatic rings. The first-order valence-corrected chi connectivity index (χ1v) is 24.9. The fraction of sp³-hybridized carbons (Fsp3) is 0.795. The summed E-state index contributed by atoms with van der Waals surface area (Å²) in [5, 5.41) is 18.7. The molecular weight excluding hydrogens is 822 g/mol. The summed E-state index contributed by atoms with van der Waals surface area (Å²) < 4.78 is 52.3. The molecule has 0 bridgehead atoms. The molecule has 0 saturated heterocycles. The molecule has 0 aromatic carbocycles. The molecule has 0 saturated carbocycles. The molecule has 0 aliphatic carbocycles. The lowest BCUT2D eigenvalue weighted by Gasteiger charge is -2.19. The Bertz CT molecular complexity index is 1600. The summed E-state index contributed by atoms with van der Waals surface area (Å²) in [5.74, 6) is 0.177. The second kappa shape index (κ2) is 34.0. The molecule has 19 nitrogen and oxygen atoms in total. The first-order chi connectivity index (χ1) is 28.8. The first kappa shape index (κ1) is 55.5. The minimum absolute atomic E-state index is 0.0163. The van der Waals surface area contributed by atoms with Crippen molar-refractivity contribution in [2.45, 2.75) is 148 Å². The topological polar surface area (TPSA) is 283 Å². The molecule has 2 heterocycles. The van der Waals surface area contributed by atoms with E-state index < -0.39 is 64.7 Å². The van der Waals surface area contributed by atoms with Crippen LogP contribution in [0, 0.1) is 0 Å². The lowest BCUT2D eigenvalue weighted by Crippen LogP contribution is -2.32. The lowest BCUT2D eigenvalue weighted by molar-refractivity contribution is 0.0162. The van der Waals surface area contributed by atoms with E-state index >= 15 is 0 Å². The number of anilines is 2. The Morgan fingerprint density at radius 3 is 1.33 bits per heavy atom. The van der Waals surface area contributed by atoms with Gasteiger partial charge in [0.25, 0.3) is 0 Å². The highest BCUT2D eigenvalue weighted by atomic mass is 31.2. The van der Waals surface area contributed by atoms with Crippen LogP contribution < -0.4 is 22.8 Å². The van der Waals surface area contributed by atoms with Crippen LogP contribution in [0.5, 0.6) is 0 Å². The van der Waals surface area contributed by atoms with Gasteiger partial charge in [-0.25, -0.2) is 9.59 Å². The summed E-state index contributed by atoms with van der Waals surface area (Å²) in [7, 11) is -7.86. The number of nitrogens with two attached hydrogens (primary N) is 2. The molecule has 21 heteroatoms.